The van der Waals surface area contributed by atoms with E-state index in [0.29, 0.717) is 18.5 Å². The van der Waals surface area contributed by atoms with Crippen molar-refractivity contribution in [1.82, 2.24) is 16.0 Å². The molecule has 0 saturated carbocycles. The van der Waals surface area contributed by atoms with Gasteiger partial charge in [0.05, 0.1) is 6.04 Å². The summed E-state index contributed by atoms with van der Waals surface area (Å²) in [6.45, 7) is 3.66. The van der Waals surface area contributed by atoms with Crippen LogP contribution in [0.4, 0.5) is 0 Å². The third-order valence-corrected chi connectivity index (χ3v) is 5.72. The summed E-state index contributed by atoms with van der Waals surface area (Å²) in [4.78, 5) is 53.8. The molecule has 0 bridgehead atoms. The Morgan fingerprint density at radius 1 is 0.973 bits per heavy atom. The molecule has 37 heavy (non-hydrogen) atoms. The van der Waals surface area contributed by atoms with Gasteiger partial charge in [0.15, 0.2) is 5.96 Å². The number of aliphatic carboxylic acids is 1. The predicted octanol–water partition coefficient (Wildman–Crippen LogP) is -1.56. The summed E-state index contributed by atoms with van der Waals surface area (Å²) < 4.78 is 0. The molecule has 0 fully saturated rings. The maximum Gasteiger partial charge on any atom is 0.326 e. The van der Waals surface area contributed by atoms with Crippen LogP contribution in [0, 0.1) is 5.92 Å². The predicted molar refractivity (Wildman–Crippen MR) is 142 cm³/mol. The fourth-order valence-corrected chi connectivity index (χ4v) is 3.50. The van der Waals surface area contributed by atoms with Crippen molar-refractivity contribution in [3.05, 3.63) is 29.8 Å². The zero-order chi connectivity index (χ0) is 28.1. The Labute approximate surface area is 221 Å². The number of amides is 3. The van der Waals surface area contributed by atoms with Gasteiger partial charge in [0.2, 0.25) is 17.7 Å². The van der Waals surface area contributed by atoms with Crippen LogP contribution in [0.1, 0.15) is 32.3 Å². The van der Waals surface area contributed by atoms with E-state index in [1.807, 2.05) is 0 Å². The molecular weight excluding hydrogens is 502 g/mol. The van der Waals surface area contributed by atoms with Crippen molar-refractivity contribution in [2.45, 2.75) is 57.3 Å². The summed E-state index contributed by atoms with van der Waals surface area (Å²) in [5.74, 6) is -3.72. The number of carboxylic acids is 1. The second-order valence-corrected chi connectivity index (χ2v) is 9.16. The first-order chi connectivity index (χ1) is 17.3. The molecule has 4 unspecified atom stereocenters. The van der Waals surface area contributed by atoms with Gasteiger partial charge in [-0.25, -0.2) is 4.79 Å². The number of phenolic OH excluding ortho intramolecular Hbond substituents is 1. The highest BCUT2D eigenvalue weighted by Gasteiger charge is 2.31. The van der Waals surface area contributed by atoms with Crippen molar-refractivity contribution in [3.63, 3.8) is 0 Å². The molecule has 0 spiro atoms. The van der Waals surface area contributed by atoms with Crippen LogP contribution in [0.5, 0.6) is 5.75 Å². The lowest BCUT2D eigenvalue weighted by molar-refractivity contribution is -0.142. The molecule has 1 aromatic carbocycles. The van der Waals surface area contributed by atoms with Gasteiger partial charge in [-0.2, -0.15) is 12.6 Å². The average molecular weight is 540 g/mol. The number of hydrogen-bond acceptors (Lipinski definition) is 8. The molecule has 1 rings (SSSR count). The molecule has 206 valence electrons. The number of nitrogens with zero attached hydrogens (tertiary/aromatic N) is 1. The van der Waals surface area contributed by atoms with Gasteiger partial charge in [-0.1, -0.05) is 26.0 Å². The van der Waals surface area contributed by atoms with Crippen molar-refractivity contribution < 1.29 is 29.4 Å². The Bertz CT molecular complexity index is 953. The van der Waals surface area contributed by atoms with Crippen molar-refractivity contribution >= 4 is 42.3 Å². The van der Waals surface area contributed by atoms with Gasteiger partial charge in [-0.15, -0.1) is 0 Å². The minimum atomic E-state index is -1.27. The number of aromatic hydroxyl groups is 1. The summed E-state index contributed by atoms with van der Waals surface area (Å²) >= 11 is 4.12. The van der Waals surface area contributed by atoms with E-state index in [1.54, 1.807) is 26.0 Å². The topological polar surface area (TPSA) is 235 Å². The van der Waals surface area contributed by atoms with Crippen LogP contribution in [0.2, 0.25) is 0 Å². The number of carbonyl (C=O) groups is 4. The van der Waals surface area contributed by atoms with Gasteiger partial charge in [0, 0.05) is 18.7 Å². The monoisotopic (exact) mass is 539 g/mol. The number of nitrogens with two attached hydrogens (primary N) is 3. The number of thiol groups is 1. The highest BCUT2D eigenvalue weighted by molar-refractivity contribution is 7.80. The van der Waals surface area contributed by atoms with E-state index in [0.717, 1.165) is 0 Å². The van der Waals surface area contributed by atoms with E-state index < -0.39 is 53.8 Å². The van der Waals surface area contributed by atoms with E-state index in [9.17, 15) is 29.4 Å². The average Bonchev–Trinajstić information content (AvgIpc) is 2.83. The molecule has 0 aliphatic rings. The van der Waals surface area contributed by atoms with Crippen LogP contribution in [0.25, 0.3) is 0 Å². The molecule has 4 atom stereocenters. The summed E-state index contributed by atoms with van der Waals surface area (Å²) in [6, 6.07) is 1.57. The number of carboxylic acid groups (broad SMARTS) is 1. The van der Waals surface area contributed by atoms with Crippen LogP contribution in [-0.4, -0.2) is 76.3 Å². The SMILES string of the molecule is CC(C)C(NC(=O)C(CS)NC(=O)C(N)CCCN=C(N)N)C(=O)NC(Cc1ccc(O)cc1)C(=O)O. The second kappa shape index (κ2) is 15.6. The zero-order valence-electron chi connectivity index (χ0n) is 20.9. The molecule has 1 aromatic rings. The summed E-state index contributed by atoms with van der Waals surface area (Å²) in [5.41, 5.74) is 17.0. The highest BCUT2D eigenvalue weighted by Crippen LogP contribution is 2.12. The lowest BCUT2D eigenvalue weighted by Gasteiger charge is -2.26. The van der Waals surface area contributed by atoms with Crippen LogP contribution < -0.4 is 33.2 Å². The first kappa shape index (κ1) is 31.5. The van der Waals surface area contributed by atoms with Crippen molar-refractivity contribution in [1.29, 1.82) is 0 Å². The number of guanidine groups is 1. The number of aliphatic imine (C=N–C) groups is 1. The molecular formula is C23H37N7O6S. The van der Waals surface area contributed by atoms with Crippen molar-refractivity contribution in [2.75, 3.05) is 12.3 Å². The van der Waals surface area contributed by atoms with Gasteiger partial charge >= 0.3 is 5.97 Å². The molecule has 14 heteroatoms. The third kappa shape index (κ3) is 11.4. The van der Waals surface area contributed by atoms with E-state index in [2.05, 4.69) is 33.6 Å². The maximum absolute atomic E-state index is 12.9. The molecule has 11 N–H and O–H groups in total. The number of carbonyl (C=O) groups excluding carboxylic acids is 3. The largest absolute Gasteiger partial charge is 0.508 e. The first-order valence-electron chi connectivity index (χ1n) is 11.7. The number of benzene rings is 1. The Morgan fingerprint density at radius 2 is 1.57 bits per heavy atom. The molecule has 0 aromatic heterocycles. The standard InChI is InChI=1S/C23H37N7O6S/c1-12(2)18(21(34)28-16(22(35)36)10-13-5-7-14(31)8-6-13)30-20(33)17(11-37)29-19(32)15(24)4-3-9-27-23(25)26/h5-8,12,15-18,31,37H,3-4,9-11,24H2,1-2H3,(H,28,34)(H,29,32)(H,30,33)(H,35,36)(H4,25,26,27). The van der Waals surface area contributed by atoms with E-state index in [1.165, 1.54) is 12.1 Å². The highest BCUT2D eigenvalue weighted by atomic mass is 32.1. The summed E-state index contributed by atoms with van der Waals surface area (Å²) in [7, 11) is 0. The van der Waals surface area contributed by atoms with Gasteiger partial charge in [0.1, 0.15) is 23.9 Å². The van der Waals surface area contributed by atoms with Crippen molar-refractivity contribution in [3.8, 4) is 5.75 Å². The lowest BCUT2D eigenvalue weighted by atomic mass is 10.0. The number of nitrogens with one attached hydrogen (secondary N) is 3. The smallest absolute Gasteiger partial charge is 0.326 e. The Hall–Kier alpha value is -3.52. The van der Waals surface area contributed by atoms with Gasteiger partial charge in [0.25, 0.3) is 0 Å². The lowest BCUT2D eigenvalue weighted by Crippen LogP contribution is -2.59. The number of rotatable bonds is 15. The van der Waals surface area contributed by atoms with Crippen LogP contribution in [0.3, 0.4) is 0 Å². The molecule has 0 radical (unpaired) electrons. The van der Waals surface area contributed by atoms with Gasteiger partial charge in [-0.05, 0) is 36.5 Å². The van der Waals surface area contributed by atoms with E-state index in [-0.39, 0.29) is 30.3 Å². The minimum Gasteiger partial charge on any atom is -0.508 e. The van der Waals surface area contributed by atoms with Crippen LogP contribution in [0.15, 0.2) is 29.3 Å². The molecule has 0 aliphatic heterocycles. The normalized spacial score (nSPS) is 14.1. The maximum atomic E-state index is 12.9. The Kier molecular flexibility index (Phi) is 13.3. The van der Waals surface area contributed by atoms with E-state index >= 15 is 0 Å². The first-order valence-corrected chi connectivity index (χ1v) is 12.3. The zero-order valence-corrected chi connectivity index (χ0v) is 21.8. The molecule has 13 nitrogen and oxygen atoms in total. The van der Waals surface area contributed by atoms with Crippen LogP contribution >= 0.6 is 12.6 Å². The number of phenols is 1. The van der Waals surface area contributed by atoms with E-state index in [4.69, 9.17) is 17.2 Å². The molecule has 0 aliphatic carbocycles. The van der Waals surface area contributed by atoms with Gasteiger partial charge < -0.3 is 43.4 Å². The Balaban J connectivity index is 2.79. The quantitative estimate of drug-likeness (QED) is 0.0541. The third-order valence-electron chi connectivity index (χ3n) is 5.36. The fraction of sp³-hybridized carbons (Fsp3) is 0.522. The van der Waals surface area contributed by atoms with Gasteiger partial charge in [-0.3, -0.25) is 19.4 Å². The molecule has 3 amide bonds. The molecule has 0 heterocycles. The van der Waals surface area contributed by atoms with Crippen molar-refractivity contribution in [2.24, 2.45) is 28.1 Å². The Morgan fingerprint density at radius 3 is 2.08 bits per heavy atom. The molecule has 0 saturated heterocycles. The minimum absolute atomic E-state index is 0.0278. The fourth-order valence-electron chi connectivity index (χ4n) is 3.24. The summed E-state index contributed by atoms with van der Waals surface area (Å²) in [5, 5.41) is 26.5. The number of hydrogen-bond donors (Lipinski definition) is 9. The van der Waals surface area contributed by atoms with Crippen LogP contribution in [-0.2, 0) is 25.6 Å². The second-order valence-electron chi connectivity index (χ2n) is 8.80. The summed E-state index contributed by atoms with van der Waals surface area (Å²) in [6.07, 6.45) is 0.698.